The van der Waals surface area contributed by atoms with Crippen molar-refractivity contribution in [2.45, 2.75) is 32.2 Å². The summed E-state index contributed by atoms with van der Waals surface area (Å²) >= 11 is 0. The maximum absolute atomic E-state index is 12.5. The predicted molar refractivity (Wildman–Crippen MR) is 72.8 cm³/mol. The third kappa shape index (κ3) is 2.12. The van der Waals surface area contributed by atoms with Crippen molar-refractivity contribution < 1.29 is 4.79 Å². The van der Waals surface area contributed by atoms with Gasteiger partial charge in [0.2, 0.25) is 0 Å². The zero-order valence-corrected chi connectivity index (χ0v) is 11.3. The fourth-order valence-electron chi connectivity index (χ4n) is 2.59. The van der Waals surface area contributed by atoms with E-state index in [1.54, 1.807) is 6.20 Å². The van der Waals surface area contributed by atoms with Gasteiger partial charge in [-0.2, -0.15) is 0 Å². The van der Waals surface area contributed by atoms with Crippen LogP contribution in [-0.4, -0.2) is 30.9 Å². The van der Waals surface area contributed by atoms with E-state index in [2.05, 4.69) is 4.98 Å². The first kappa shape index (κ1) is 13.0. The van der Waals surface area contributed by atoms with Crippen LogP contribution in [0.25, 0.3) is 0 Å². The number of rotatable bonds is 3. The fraction of sp³-hybridized carbons (Fsp3) is 0.571. The van der Waals surface area contributed by atoms with Crippen molar-refractivity contribution in [3.63, 3.8) is 0 Å². The van der Waals surface area contributed by atoms with Crippen LogP contribution in [0.15, 0.2) is 18.3 Å². The van der Waals surface area contributed by atoms with E-state index < -0.39 is 5.41 Å². The summed E-state index contributed by atoms with van der Waals surface area (Å²) in [6.45, 7) is 1.98. The van der Waals surface area contributed by atoms with E-state index in [9.17, 15) is 4.79 Å². The molecule has 2 unspecified atom stereocenters. The Morgan fingerprint density at radius 1 is 1.50 bits per heavy atom. The van der Waals surface area contributed by atoms with Crippen LogP contribution < -0.4 is 10.6 Å². The van der Waals surface area contributed by atoms with Crippen LogP contribution in [0, 0.1) is 5.41 Å². The van der Waals surface area contributed by atoms with Gasteiger partial charge in [0.15, 0.2) is 5.78 Å². The summed E-state index contributed by atoms with van der Waals surface area (Å²) in [5.41, 5.74) is 6.33. The van der Waals surface area contributed by atoms with E-state index in [0.29, 0.717) is 5.56 Å². The smallest absolute Gasteiger partial charge is 0.171 e. The molecule has 4 nitrogen and oxygen atoms in total. The zero-order valence-electron chi connectivity index (χ0n) is 11.3. The molecular formula is C14H21N3O. The highest BCUT2D eigenvalue weighted by atomic mass is 16.1. The van der Waals surface area contributed by atoms with Crippen LogP contribution >= 0.6 is 0 Å². The zero-order chi connectivity index (χ0) is 13.3. The molecule has 98 valence electrons. The number of nitrogens with zero attached hydrogens (tertiary/aromatic N) is 2. The van der Waals surface area contributed by atoms with Gasteiger partial charge in [-0.3, -0.25) is 4.79 Å². The number of carbonyl (C=O) groups excluding carboxylic acids is 1. The van der Waals surface area contributed by atoms with Crippen LogP contribution in [0.2, 0.25) is 0 Å². The van der Waals surface area contributed by atoms with Crippen molar-refractivity contribution in [1.29, 1.82) is 0 Å². The van der Waals surface area contributed by atoms with Gasteiger partial charge in [0, 0.05) is 37.3 Å². The summed E-state index contributed by atoms with van der Waals surface area (Å²) in [4.78, 5) is 18.7. The van der Waals surface area contributed by atoms with E-state index in [4.69, 9.17) is 5.73 Å². The molecule has 1 fully saturated rings. The molecule has 1 aromatic rings. The van der Waals surface area contributed by atoms with Crippen LogP contribution in [0.4, 0.5) is 5.82 Å². The minimum Gasteiger partial charge on any atom is -0.363 e. The van der Waals surface area contributed by atoms with Crippen molar-refractivity contribution in [3.05, 3.63) is 23.9 Å². The number of pyridine rings is 1. The summed E-state index contributed by atoms with van der Waals surface area (Å²) < 4.78 is 0. The normalized spacial score (nSPS) is 27.2. The van der Waals surface area contributed by atoms with E-state index in [1.807, 2.05) is 38.1 Å². The second-order valence-corrected chi connectivity index (χ2v) is 5.54. The molecule has 0 aromatic carbocycles. The lowest BCUT2D eigenvalue weighted by Gasteiger charge is -2.27. The number of hydrogen-bond donors (Lipinski definition) is 1. The maximum Gasteiger partial charge on any atom is 0.171 e. The van der Waals surface area contributed by atoms with Crippen LogP contribution in [0.1, 0.15) is 36.5 Å². The molecule has 2 N–H and O–H groups in total. The Hall–Kier alpha value is -1.42. The highest BCUT2D eigenvalue weighted by Gasteiger charge is 2.43. The molecule has 1 saturated carbocycles. The SMILES string of the molecule is CN(C)c1ccc(C(=O)C2(C)CCCC2N)cn1. The Labute approximate surface area is 108 Å². The van der Waals surface area contributed by atoms with Crippen molar-refractivity contribution in [3.8, 4) is 0 Å². The molecule has 4 heteroatoms. The number of hydrogen-bond acceptors (Lipinski definition) is 4. The largest absolute Gasteiger partial charge is 0.363 e. The molecule has 18 heavy (non-hydrogen) atoms. The fourth-order valence-corrected chi connectivity index (χ4v) is 2.59. The molecule has 1 aromatic heterocycles. The summed E-state index contributed by atoms with van der Waals surface area (Å²) in [6, 6.07) is 3.69. The first-order valence-corrected chi connectivity index (χ1v) is 6.39. The summed E-state index contributed by atoms with van der Waals surface area (Å²) in [7, 11) is 3.86. The molecule has 1 aliphatic rings. The predicted octanol–water partition coefficient (Wildman–Crippen LogP) is 1.85. The Kier molecular flexibility index (Phi) is 3.39. The molecule has 0 amide bonds. The number of aromatic nitrogens is 1. The lowest BCUT2D eigenvalue weighted by molar-refractivity contribution is 0.0802. The number of nitrogens with two attached hydrogens (primary N) is 1. The molecule has 0 spiro atoms. The van der Waals surface area contributed by atoms with Crippen LogP contribution in [0.5, 0.6) is 0 Å². The first-order valence-electron chi connectivity index (χ1n) is 6.39. The Bertz CT molecular complexity index is 441. The van der Waals surface area contributed by atoms with E-state index in [0.717, 1.165) is 25.1 Å². The standard InChI is InChI=1S/C14H21N3O/c1-14(8-4-5-11(14)15)13(18)10-6-7-12(16-9-10)17(2)3/h6-7,9,11H,4-5,8,15H2,1-3H3. The van der Waals surface area contributed by atoms with Crippen LogP contribution in [0.3, 0.4) is 0 Å². The molecule has 0 radical (unpaired) electrons. The summed E-state index contributed by atoms with van der Waals surface area (Å²) in [5, 5.41) is 0. The minimum atomic E-state index is -0.415. The van der Waals surface area contributed by atoms with Crippen molar-refractivity contribution >= 4 is 11.6 Å². The number of carbonyl (C=O) groups is 1. The quantitative estimate of drug-likeness (QED) is 0.828. The molecule has 1 aliphatic carbocycles. The Morgan fingerprint density at radius 3 is 2.67 bits per heavy atom. The second kappa shape index (κ2) is 4.69. The lowest BCUT2D eigenvalue weighted by atomic mass is 9.78. The number of ketones is 1. The van der Waals surface area contributed by atoms with Gasteiger partial charge in [-0.1, -0.05) is 13.3 Å². The third-order valence-corrected chi connectivity index (χ3v) is 4.02. The van der Waals surface area contributed by atoms with Gasteiger partial charge in [0.05, 0.1) is 0 Å². The van der Waals surface area contributed by atoms with E-state index in [1.165, 1.54) is 0 Å². The van der Waals surface area contributed by atoms with Gasteiger partial charge in [-0.15, -0.1) is 0 Å². The molecular weight excluding hydrogens is 226 g/mol. The van der Waals surface area contributed by atoms with E-state index in [-0.39, 0.29) is 11.8 Å². The maximum atomic E-state index is 12.5. The molecule has 0 aliphatic heterocycles. The second-order valence-electron chi connectivity index (χ2n) is 5.54. The van der Waals surface area contributed by atoms with Crippen molar-refractivity contribution in [2.75, 3.05) is 19.0 Å². The highest BCUT2D eigenvalue weighted by molar-refractivity contribution is 6.00. The summed E-state index contributed by atoms with van der Waals surface area (Å²) in [6.07, 6.45) is 4.51. The van der Waals surface area contributed by atoms with Crippen molar-refractivity contribution in [1.82, 2.24) is 4.98 Å². The highest BCUT2D eigenvalue weighted by Crippen LogP contribution is 2.39. The van der Waals surface area contributed by atoms with Gasteiger partial charge < -0.3 is 10.6 Å². The van der Waals surface area contributed by atoms with Gasteiger partial charge >= 0.3 is 0 Å². The first-order chi connectivity index (χ1) is 8.45. The summed E-state index contributed by atoms with van der Waals surface area (Å²) in [5.74, 6) is 0.984. The lowest BCUT2D eigenvalue weighted by Crippen LogP contribution is -2.41. The Balaban J connectivity index is 2.24. The molecule has 0 bridgehead atoms. The van der Waals surface area contributed by atoms with Gasteiger partial charge in [-0.25, -0.2) is 4.98 Å². The molecule has 2 rings (SSSR count). The molecule has 0 saturated heterocycles. The Morgan fingerprint density at radius 2 is 2.22 bits per heavy atom. The third-order valence-electron chi connectivity index (χ3n) is 4.02. The average molecular weight is 247 g/mol. The monoisotopic (exact) mass is 247 g/mol. The number of Topliss-reactive ketones (excluding diaryl/α,β-unsaturated/α-hetero) is 1. The minimum absolute atomic E-state index is 0.0291. The van der Waals surface area contributed by atoms with Crippen molar-refractivity contribution in [2.24, 2.45) is 11.1 Å². The van der Waals surface area contributed by atoms with Gasteiger partial charge in [-0.05, 0) is 25.0 Å². The van der Waals surface area contributed by atoms with Gasteiger partial charge in [0.1, 0.15) is 5.82 Å². The van der Waals surface area contributed by atoms with E-state index >= 15 is 0 Å². The number of anilines is 1. The molecule has 2 atom stereocenters. The average Bonchev–Trinajstić information content (AvgIpc) is 2.70. The van der Waals surface area contributed by atoms with Crippen LogP contribution in [-0.2, 0) is 0 Å². The van der Waals surface area contributed by atoms with Gasteiger partial charge in [0.25, 0.3) is 0 Å². The topological polar surface area (TPSA) is 59.2 Å². The molecule has 1 heterocycles.